The number of carboxylic acids is 4. The molecular weight excluding hydrogens is 211 g/mol. The molecule has 4 N–H and O–H groups in total. The van der Waals surface area contributed by atoms with Crippen molar-refractivity contribution in [3.05, 3.63) is 0 Å². The molecule has 0 bridgehead atoms. The standard InChI is InChI=1S/C3H4O4.C2H2O4.Na.H/c4-2(5)1-3(6)7;3-1(4)2(5)6;;/h1H2,(H,4,5)(H,6,7);(H,3,4)(H,5,6);;/q;;+1;-1. The third-order valence-electron chi connectivity index (χ3n) is 0.485. The van der Waals surface area contributed by atoms with Gasteiger partial charge in [-0.2, -0.15) is 0 Å². The summed E-state index contributed by atoms with van der Waals surface area (Å²) >= 11 is 0. The summed E-state index contributed by atoms with van der Waals surface area (Å²) in [4.78, 5) is 37.1. The number of rotatable bonds is 2. The minimum absolute atomic E-state index is 0. The van der Waals surface area contributed by atoms with E-state index in [0.29, 0.717) is 0 Å². The molecule has 0 spiro atoms. The molecule has 0 aliphatic heterocycles. The Labute approximate surface area is 101 Å². The second-order valence-electron chi connectivity index (χ2n) is 1.57. The molecule has 0 fully saturated rings. The van der Waals surface area contributed by atoms with E-state index in [1.165, 1.54) is 0 Å². The molecule has 0 aromatic heterocycles. The molecule has 9 heteroatoms. The fraction of sp³-hybridized carbons (Fsp3) is 0.200. The van der Waals surface area contributed by atoms with E-state index in [-0.39, 0.29) is 31.0 Å². The minimum Gasteiger partial charge on any atom is -1.00 e. The van der Waals surface area contributed by atoms with Gasteiger partial charge in [0.25, 0.3) is 0 Å². The molecule has 0 saturated carbocycles. The van der Waals surface area contributed by atoms with Gasteiger partial charge in [-0.3, -0.25) is 9.59 Å². The van der Waals surface area contributed by atoms with Gasteiger partial charge < -0.3 is 21.9 Å². The minimum atomic E-state index is -1.82. The topological polar surface area (TPSA) is 149 Å². The molecular formula is C5H7NaO8. The Bertz CT molecular complexity index is 215. The van der Waals surface area contributed by atoms with Crippen LogP contribution in [0.1, 0.15) is 7.85 Å². The van der Waals surface area contributed by atoms with Crippen LogP contribution in [0.4, 0.5) is 0 Å². The predicted molar refractivity (Wildman–Crippen MR) is 36.3 cm³/mol. The van der Waals surface area contributed by atoms with Crippen molar-refractivity contribution in [3.8, 4) is 0 Å². The van der Waals surface area contributed by atoms with Gasteiger partial charge in [-0.05, 0) is 0 Å². The van der Waals surface area contributed by atoms with E-state index < -0.39 is 30.3 Å². The summed E-state index contributed by atoms with van der Waals surface area (Å²) in [5.74, 6) is -6.27. The van der Waals surface area contributed by atoms with Crippen LogP contribution in [-0.2, 0) is 19.2 Å². The predicted octanol–water partition coefficient (Wildman–Crippen LogP) is -4.18. The number of aliphatic carboxylic acids is 4. The van der Waals surface area contributed by atoms with E-state index in [2.05, 4.69) is 0 Å². The SMILES string of the molecule is O=C(O)C(=O)O.O=C(O)CC(=O)O.[H-].[Na+]. The summed E-state index contributed by atoms with van der Waals surface area (Å²) in [6.07, 6.45) is -0.806. The smallest absolute Gasteiger partial charge is 1.00 e. The molecule has 0 atom stereocenters. The summed E-state index contributed by atoms with van der Waals surface area (Å²) in [7, 11) is 0. The van der Waals surface area contributed by atoms with Crippen molar-refractivity contribution in [1.82, 2.24) is 0 Å². The van der Waals surface area contributed by atoms with Crippen molar-refractivity contribution in [2.45, 2.75) is 6.42 Å². The van der Waals surface area contributed by atoms with Crippen LogP contribution in [0.5, 0.6) is 0 Å². The van der Waals surface area contributed by atoms with Crippen LogP contribution >= 0.6 is 0 Å². The molecule has 76 valence electrons. The van der Waals surface area contributed by atoms with Crippen molar-refractivity contribution >= 4 is 23.9 Å². The molecule has 8 nitrogen and oxygen atoms in total. The number of hydrogen-bond acceptors (Lipinski definition) is 4. The average molecular weight is 218 g/mol. The van der Waals surface area contributed by atoms with Gasteiger partial charge in [-0.1, -0.05) is 0 Å². The summed E-state index contributed by atoms with van der Waals surface area (Å²) in [5.41, 5.74) is 0. The summed E-state index contributed by atoms with van der Waals surface area (Å²) < 4.78 is 0. The normalized spacial score (nSPS) is 7.14. The zero-order chi connectivity index (χ0) is 11.0. The summed E-state index contributed by atoms with van der Waals surface area (Å²) in [6, 6.07) is 0. The van der Waals surface area contributed by atoms with E-state index in [9.17, 15) is 9.59 Å². The number of carbonyl (C=O) groups is 4. The van der Waals surface area contributed by atoms with E-state index in [1.54, 1.807) is 0 Å². The fourth-order valence-corrected chi connectivity index (χ4v) is 0.129. The van der Waals surface area contributed by atoms with Crippen LogP contribution in [0.25, 0.3) is 0 Å². The van der Waals surface area contributed by atoms with Crippen LogP contribution in [-0.4, -0.2) is 44.3 Å². The van der Waals surface area contributed by atoms with Crippen LogP contribution in [0.15, 0.2) is 0 Å². The first-order valence-electron chi connectivity index (χ1n) is 2.67. The molecule has 0 aromatic carbocycles. The van der Waals surface area contributed by atoms with Gasteiger partial charge in [0.15, 0.2) is 0 Å². The first kappa shape index (κ1) is 18.6. The average Bonchev–Trinajstić information content (AvgIpc) is 1.84. The van der Waals surface area contributed by atoms with E-state index in [4.69, 9.17) is 30.0 Å². The third kappa shape index (κ3) is 22.4. The van der Waals surface area contributed by atoms with Crippen molar-refractivity contribution in [3.63, 3.8) is 0 Å². The van der Waals surface area contributed by atoms with Gasteiger partial charge in [0, 0.05) is 0 Å². The Balaban J connectivity index is -0.0000000718. The van der Waals surface area contributed by atoms with Crippen molar-refractivity contribution in [1.29, 1.82) is 0 Å². The van der Waals surface area contributed by atoms with Crippen LogP contribution < -0.4 is 29.6 Å². The number of carboxylic acid groups (broad SMARTS) is 4. The summed E-state index contributed by atoms with van der Waals surface area (Å²) in [6.45, 7) is 0. The van der Waals surface area contributed by atoms with Gasteiger partial charge in [0.05, 0.1) is 0 Å². The molecule has 0 rings (SSSR count). The first-order chi connectivity index (χ1) is 5.77. The van der Waals surface area contributed by atoms with E-state index in [0.717, 1.165) is 0 Å². The molecule has 0 radical (unpaired) electrons. The van der Waals surface area contributed by atoms with Crippen LogP contribution in [0.2, 0.25) is 0 Å². The van der Waals surface area contributed by atoms with E-state index in [1.807, 2.05) is 0 Å². The van der Waals surface area contributed by atoms with Gasteiger partial charge in [0.2, 0.25) is 0 Å². The Morgan fingerprint density at radius 1 is 0.786 bits per heavy atom. The zero-order valence-electron chi connectivity index (χ0n) is 8.13. The quantitative estimate of drug-likeness (QED) is 0.207. The maximum absolute atomic E-state index is 9.43. The molecule has 0 aliphatic rings. The monoisotopic (exact) mass is 218 g/mol. The van der Waals surface area contributed by atoms with Gasteiger partial charge in [-0.15, -0.1) is 0 Å². The third-order valence-corrected chi connectivity index (χ3v) is 0.485. The van der Waals surface area contributed by atoms with Crippen molar-refractivity contribution in [2.24, 2.45) is 0 Å². The molecule has 0 aromatic rings. The second-order valence-corrected chi connectivity index (χ2v) is 1.57. The molecule has 14 heavy (non-hydrogen) atoms. The van der Waals surface area contributed by atoms with Gasteiger partial charge >= 0.3 is 53.4 Å². The Morgan fingerprint density at radius 2 is 1.00 bits per heavy atom. The first-order valence-corrected chi connectivity index (χ1v) is 2.67. The van der Waals surface area contributed by atoms with Crippen molar-refractivity contribution in [2.75, 3.05) is 0 Å². The van der Waals surface area contributed by atoms with Gasteiger partial charge in [-0.25, -0.2) is 9.59 Å². The maximum atomic E-state index is 9.43. The molecule has 0 heterocycles. The molecule has 0 aliphatic carbocycles. The van der Waals surface area contributed by atoms with Crippen molar-refractivity contribution < 1.29 is 70.6 Å². The van der Waals surface area contributed by atoms with Crippen LogP contribution in [0.3, 0.4) is 0 Å². The molecule has 0 amide bonds. The Kier molecular flexibility index (Phi) is 13.3. The number of hydrogen-bond donors (Lipinski definition) is 4. The maximum Gasteiger partial charge on any atom is 1.00 e. The summed E-state index contributed by atoms with van der Waals surface area (Å²) in [5, 5.41) is 30.2. The van der Waals surface area contributed by atoms with Gasteiger partial charge in [0.1, 0.15) is 6.42 Å². The van der Waals surface area contributed by atoms with Crippen LogP contribution in [0, 0.1) is 0 Å². The Morgan fingerprint density at radius 3 is 1.00 bits per heavy atom. The molecule has 0 saturated heterocycles. The largest absolute Gasteiger partial charge is 1.00 e. The second kappa shape index (κ2) is 9.96. The Hall–Kier alpha value is -1.12. The fourth-order valence-electron chi connectivity index (χ4n) is 0.129. The zero-order valence-corrected chi connectivity index (χ0v) is 9.13. The molecule has 0 unspecified atom stereocenters. The van der Waals surface area contributed by atoms with E-state index >= 15 is 0 Å².